The van der Waals surface area contributed by atoms with E-state index in [0.29, 0.717) is 18.7 Å². The highest BCUT2D eigenvalue weighted by Crippen LogP contribution is 2.26. The molecule has 1 atom stereocenters. The molecule has 1 aliphatic rings. The van der Waals surface area contributed by atoms with Crippen LogP contribution in [0.2, 0.25) is 0 Å². The molecule has 5 nitrogen and oxygen atoms in total. The van der Waals surface area contributed by atoms with Crippen molar-refractivity contribution < 1.29 is 21.6 Å². The molecule has 0 N–H and O–H groups in total. The number of rotatable bonds is 5. The smallest absolute Gasteiger partial charge is 0.276 e. The Morgan fingerprint density at radius 2 is 2.13 bits per heavy atom. The Labute approximate surface area is 136 Å². The van der Waals surface area contributed by atoms with Crippen LogP contribution in [0.4, 0.5) is 8.78 Å². The minimum atomic E-state index is -2.94. The van der Waals surface area contributed by atoms with Crippen molar-refractivity contribution in [2.75, 3.05) is 11.5 Å². The predicted molar refractivity (Wildman–Crippen MR) is 80.7 cm³/mol. The van der Waals surface area contributed by atoms with Crippen LogP contribution in [-0.2, 0) is 22.0 Å². The van der Waals surface area contributed by atoms with Crippen LogP contribution >= 0.6 is 11.8 Å². The van der Waals surface area contributed by atoms with Crippen LogP contribution in [0.3, 0.4) is 0 Å². The van der Waals surface area contributed by atoms with Crippen molar-refractivity contribution in [1.82, 2.24) is 10.2 Å². The fraction of sp³-hybridized carbons (Fsp3) is 0.429. The second-order valence-corrected chi connectivity index (χ2v) is 8.59. The van der Waals surface area contributed by atoms with E-state index in [2.05, 4.69) is 10.2 Å². The van der Waals surface area contributed by atoms with Gasteiger partial charge in [-0.1, -0.05) is 23.9 Å². The topological polar surface area (TPSA) is 73.1 Å². The molecule has 0 spiro atoms. The van der Waals surface area contributed by atoms with Gasteiger partial charge >= 0.3 is 0 Å². The zero-order valence-electron chi connectivity index (χ0n) is 12.0. The molecule has 1 aromatic heterocycles. The van der Waals surface area contributed by atoms with Crippen molar-refractivity contribution in [3.8, 4) is 0 Å². The van der Waals surface area contributed by atoms with Gasteiger partial charge in [0.2, 0.25) is 5.89 Å². The number of benzene rings is 1. The van der Waals surface area contributed by atoms with Crippen LogP contribution in [0.15, 0.2) is 27.8 Å². The molecule has 1 aromatic carbocycles. The molecule has 124 valence electrons. The van der Waals surface area contributed by atoms with Crippen LogP contribution < -0.4 is 0 Å². The van der Waals surface area contributed by atoms with Gasteiger partial charge in [-0.05, 0) is 18.4 Å². The van der Waals surface area contributed by atoms with E-state index in [4.69, 9.17) is 4.42 Å². The molecule has 0 amide bonds. The maximum atomic E-state index is 13.5. The van der Waals surface area contributed by atoms with Crippen LogP contribution in [0.5, 0.6) is 0 Å². The average Bonchev–Trinajstić information content (AvgIpc) is 3.07. The van der Waals surface area contributed by atoms with E-state index >= 15 is 0 Å². The van der Waals surface area contributed by atoms with Gasteiger partial charge in [0.05, 0.1) is 11.5 Å². The van der Waals surface area contributed by atoms with Gasteiger partial charge in [-0.2, -0.15) is 0 Å². The molecule has 3 rings (SSSR count). The van der Waals surface area contributed by atoms with Crippen LogP contribution in [0.25, 0.3) is 0 Å². The number of aromatic nitrogens is 2. The summed E-state index contributed by atoms with van der Waals surface area (Å²) < 4.78 is 54.9. The SMILES string of the molecule is O=S1(=O)CC[C@@H](Cc2nnc(SCc3cccc(F)c3F)o2)C1. The molecule has 0 saturated carbocycles. The van der Waals surface area contributed by atoms with E-state index in [1.807, 2.05) is 0 Å². The number of thioether (sulfide) groups is 1. The number of halogens is 2. The van der Waals surface area contributed by atoms with Gasteiger partial charge in [-0.25, -0.2) is 17.2 Å². The molecule has 23 heavy (non-hydrogen) atoms. The van der Waals surface area contributed by atoms with Crippen molar-refractivity contribution in [1.29, 1.82) is 0 Å². The van der Waals surface area contributed by atoms with Gasteiger partial charge in [0.1, 0.15) is 0 Å². The summed E-state index contributed by atoms with van der Waals surface area (Å²) >= 11 is 1.11. The summed E-state index contributed by atoms with van der Waals surface area (Å²) in [6.45, 7) is 0. The Balaban J connectivity index is 1.58. The Morgan fingerprint density at radius 1 is 1.30 bits per heavy atom. The summed E-state index contributed by atoms with van der Waals surface area (Å²) in [5.41, 5.74) is 0.219. The third-order valence-corrected chi connectivity index (χ3v) is 6.33. The molecule has 0 bridgehead atoms. The summed E-state index contributed by atoms with van der Waals surface area (Å²) in [6, 6.07) is 3.99. The largest absolute Gasteiger partial charge is 0.416 e. The molecule has 0 aliphatic carbocycles. The zero-order chi connectivity index (χ0) is 16.4. The summed E-state index contributed by atoms with van der Waals surface area (Å²) in [6.07, 6.45) is 1.02. The molecule has 2 aromatic rings. The normalized spacial score (nSPS) is 20.0. The first-order valence-corrected chi connectivity index (χ1v) is 9.82. The van der Waals surface area contributed by atoms with Crippen molar-refractivity contribution >= 4 is 21.6 Å². The minimum absolute atomic E-state index is 0.000960. The molecular formula is C14H14F2N2O3S2. The Kier molecular flexibility index (Phi) is 4.67. The van der Waals surface area contributed by atoms with Crippen molar-refractivity contribution in [2.24, 2.45) is 5.92 Å². The van der Waals surface area contributed by atoms with Crippen molar-refractivity contribution in [3.05, 3.63) is 41.3 Å². The lowest BCUT2D eigenvalue weighted by Gasteiger charge is -2.02. The second-order valence-electron chi connectivity index (χ2n) is 5.44. The Morgan fingerprint density at radius 3 is 2.87 bits per heavy atom. The average molecular weight is 360 g/mol. The minimum Gasteiger partial charge on any atom is -0.416 e. The van der Waals surface area contributed by atoms with Gasteiger partial charge in [0.25, 0.3) is 5.22 Å². The van der Waals surface area contributed by atoms with Gasteiger partial charge in [-0.3, -0.25) is 0 Å². The first-order valence-electron chi connectivity index (χ1n) is 7.01. The molecule has 0 radical (unpaired) electrons. The van der Waals surface area contributed by atoms with E-state index in [-0.39, 0.29) is 34.0 Å². The Hall–Kier alpha value is -1.48. The van der Waals surface area contributed by atoms with Crippen LogP contribution in [0, 0.1) is 17.6 Å². The first-order chi connectivity index (χ1) is 10.9. The molecule has 1 aliphatic heterocycles. The molecule has 2 heterocycles. The van der Waals surface area contributed by atoms with Gasteiger partial charge in [0.15, 0.2) is 21.5 Å². The number of hydrogen-bond donors (Lipinski definition) is 0. The number of hydrogen-bond acceptors (Lipinski definition) is 6. The second kappa shape index (κ2) is 6.56. The van der Waals surface area contributed by atoms with Gasteiger partial charge in [-0.15, -0.1) is 10.2 Å². The molecule has 0 unspecified atom stereocenters. The maximum Gasteiger partial charge on any atom is 0.276 e. The van der Waals surface area contributed by atoms with E-state index in [9.17, 15) is 17.2 Å². The lowest BCUT2D eigenvalue weighted by Crippen LogP contribution is -2.07. The summed E-state index contributed by atoms with van der Waals surface area (Å²) in [4.78, 5) is 0. The molecule has 1 fully saturated rings. The van der Waals surface area contributed by atoms with E-state index < -0.39 is 21.5 Å². The van der Waals surface area contributed by atoms with E-state index in [1.165, 1.54) is 12.1 Å². The van der Waals surface area contributed by atoms with Gasteiger partial charge < -0.3 is 4.42 Å². The van der Waals surface area contributed by atoms with E-state index in [1.54, 1.807) is 0 Å². The monoisotopic (exact) mass is 360 g/mol. The predicted octanol–water partition coefficient (Wildman–Crippen LogP) is 2.62. The summed E-state index contributed by atoms with van der Waals surface area (Å²) in [5, 5.41) is 7.98. The summed E-state index contributed by atoms with van der Waals surface area (Å²) in [5.74, 6) is -0.886. The quantitative estimate of drug-likeness (QED) is 0.763. The zero-order valence-corrected chi connectivity index (χ0v) is 13.7. The van der Waals surface area contributed by atoms with Crippen LogP contribution in [0.1, 0.15) is 17.9 Å². The molecule has 9 heteroatoms. The highest BCUT2D eigenvalue weighted by atomic mass is 32.2. The van der Waals surface area contributed by atoms with E-state index in [0.717, 1.165) is 17.8 Å². The number of nitrogens with zero attached hydrogens (tertiary/aromatic N) is 2. The van der Waals surface area contributed by atoms with Crippen LogP contribution in [-0.4, -0.2) is 30.1 Å². The van der Waals surface area contributed by atoms with Crippen molar-refractivity contribution in [2.45, 2.75) is 23.8 Å². The highest BCUT2D eigenvalue weighted by Gasteiger charge is 2.29. The Bertz CT molecular complexity index is 808. The standard InChI is InChI=1S/C14H14F2N2O3S2/c15-11-3-1-2-10(13(11)16)7-22-14-18-17-12(21-14)6-9-4-5-23(19,20)8-9/h1-3,9H,4-8H2/t9-/m0/s1. The molecular weight excluding hydrogens is 346 g/mol. The van der Waals surface area contributed by atoms with Gasteiger partial charge in [0, 0.05) is 17.7 Å². The third-order valence-electron chi connectivity index (χ3n) is 3.62. The lowest BCUT2D eigenvalue weighted by molar-refractivity contribution is 0.389. The van der Waals surface area contributed by atoms with Crippen molar-refractivity contribution in [3.63, 3.8) is 0 Å². The summed E-state index contributed by atoms with van der Waals surface area (Å²) in [7, 11) is -2.94. The lowest BCUT2D eigenvalue weighted by atomic mass is 10.1. The molecule has 1 saturated heterocycles. The maximum absolute atomic E-state index is 13.5. The first kappa shape index (κ1) is 16.4. The third kappa shape index (κ3) is 4.08. The highest BCUT2D eigenvalue weighted by molar-refractivity contribution is 7.98. The fourth-order valence-electron chi connectivity index (χ4n) is 2.46. The number of sulfone groups is 1. The fourth-order valence-corrected chi connectivity index (χ4v) is 5.08.